The molecular formula is C14H19N3O7S. The Kier molecular flexibility index (Phi) is 6.03. The van der Waals surface area contributed by atoms with E-state index in [-0.39, 0.29) is 36.3 Å². The molecule has 0 radical (unpaired) electrons. The lowest BCUT2D eigenvalue weighted by atomic mass is 10.0. The highest BCUT2D eigenvalue weighted by Crippen LogP contribution is 2.40. The van der Waals surface area contributed by atoms with Gasteiger partial charge in [-0.3, -0.25) is 19.3 Å². The fraction of sp³-hybridized carbons (Fsp3) is 0.571. The minimum absolute atomic E-state index is 0.0195. The van der Waals surface area contributed by atoms with Gasteiger partial charge in [-0.15, -0.1) is 11.8 Å². The number of aliphatic hydroxyl groups is 1. The summed E-state index contributed by atoms with van der Waals surface area (Å²) >= 11 is 1.26. The second kappa shape index (κ2) is 7.85. The molecule has 2 rings (SSSR count). The number of thioether (sulfide) groups is 1. The van der Waals surface area contributed by atoms with Gasteiger partial charge in [0.15, 0.2) is 0 Å². The predicted octanol–water partition coefficient (Wildman–Crippen LogP) is -1.70. The van der Waals surface area contributed by atoms with E-state index in [0.29, 0.717) is 0 Å². The first-order chi connectivity index (χ1) is 11.8. The Hall–Kier alpha value is -2.11. The number of hydrogen-bond donors (Lipinski definition) is 5. The summed E-state index contributed by atoms with van der Waals surface area (Å²) in [4.78, 5) is 47.1. The number of carbonyl (C=O) groups excluding carboxylic acids is 2. The summed E-state index contributed by atoms with van der Waals surface area (Å²) < 4.78 is 0. The van der Waals surface area contributed by atoms with Gasteiger partial charge >= 0.3 is 11.9 Å². The number of aliphatic hydroxyl groups excluding tert-OH is 1. The van der Waals surface area contributed by atoms with Crippen LogP contribution in [0.5, 0.6) is 0 Å². The van der Waals surface area contributed by atoms with Gasteiger partial charge < -0.3 is 26.4 Å². The highest BCUT2D eigenvalue weighted by molar-refractivity contribution is 8.00. The number of carboxylic acids is 2. The van der Waals surface area contributed by atoms with Crippen molar-refractivity contribution in [1.82, 2.24) is 10.2 Å². The molecule has 0 aromatic rings. The average Bonchev–Trinajstić information content (AvgIpc) is 2.57. The highest BCUT2D eigenvalue weighted by atomic mass is 32.2. The number of carbonyl (C=O) groups is 4. The van der Waals surface area contributed by atoms with E-state index in [9.17, 15) is 29.4 Å². The van der Waals surface area contributed by atoms with Crippen molar-refractivity contribution in [2.75, 3.05) is 12.4 Å². The molecule has 3 atom stereocenters. The zero-order valence-electron chi connectivity index (χ0n) is 13.2. The summed E-state index contributed by atoms with van der Waals surface area (Å²) in [6.07, 6.45) is 0.416. The van der Waals surface area contributed by atoms with Gasteiger partial charge in [-0.1, -0.05) is 0 Å². The topological polar surface area (TPSA) is 170 Å². The Balaban J connectivity index is 1.91. The van der Waals surface area contributed by atoms with Gasteiger partial charge in [0.05, 0.1) is 6.61 Å². The summed E-state index contributed by atoms with van der Waals surface area (Å²) in [7, 11) is 0. The van der Waals surface area contributed by atoms with E-state index >= 15 is 0 Å². The molecule has 0 unspecified atom stereocenters. The molecule has 0 aromatic heterocycles. The molecule has 0 bridgehead atoms. The Morgan fingerprint density at radius 1 is 1.36 bits per heavy atom. The van der Waals surface area contributed by atoms with E-state index in [1.165, 1.54) is 11.8 Å². The van der Waals surface area contributed by atoms with Crippen LogP contribution in [-0.2, 0) is 19.2 Å². The van der Waals surface area contributed by atoms with E-state index in [1.807, 2.05) is 0 Å². The van der Waals surface area contributed by atoms with Gasteiger partial charge in [-0.2, -0.15) is 0 Å². The number of carboxylic acid groups (broad SMARTS) is 2. The molecule has 1 saturated heterocycles. The van der Waals surface area contributed by atoms with Crippen LogP contribution in [0.2, 0.25) is 0 Å². The fourth-order valence-corrected chi connectivity index (χ4v) is 3.99. The second-order valence-electron chi connectivity index (χ2n) is 5.71. The zero-order valence-corrected chi connectivity index (χ0v) is 14.0. The van der Waals surface area contributed by atoms with Crippen LogP contribution in [0.25, 0.3) is 0 Å². The number of nitrogens with one attached hydrogen (secondary N) is 1. The minimum Gasteiger partial charge on any atom is -0.480 e. The molecule has 10 nitrogen and oxygen atoms in total. The lowest BCUT2D eigenvalue weighted by Gasteiger charge is -2.49. The molecule has 11 heteroatoms. The van der Waals surface area contributed by atoms with Crippen molar-refractivity contribution >= 4 is 35.5 Å². The largest absolute Gasteiger partial charge is 0.480 e. The van der Waals surface area contributed by atoms with Crippen LogP contribution in [-0.4, -0.2) is 73.8 Å². The van der Waals surface area contributed by atoms with Gasteiger partial charge in [-0.05, 0) is 18.4 Å². The van der Waals surface area contributed by atoms with Crippen LogP contribution < -0.4 is 11.1 Å². The number of fused-ring (bicyclic) bond motifs is 1. The molecule has 25 heavy (non-hydrogen) atoms. The van der Waals surface area contributed by atoms with Crippen LogP contribution in [0.1, 0.15) is 19.3 Å². The molecule has 0 aromatic carbocycles. The van der Waals surface area contributed by atoms with Crippen molar-refractivity contribution in [2.24, 2.45) is 5.73 Å². The Bertz CT molecular complexity index is 636. The third-order valence-electron chi connectivity index (χ3n) is 3.99. The van der Waals surface area contributed by atoms with Gasteiger partial charge in [0, 0.05) is 12.2 Å². The van der Waals surface area contributed by atoms with Crippen molar-refractivity contribution in [3.63, 3.8) is 0 Å². The van der Waals surface area contributed by atoms with Crippen LogP contribution >= 0.6 is 11.8 Å². The molecule has 0 spiro atoms. The maximum absolute atomic E-state index is 12.2. The first-order valence-corrected chi connectivity index (χ1v) is 8.61. The third-order valence-corrected chi connectivity index (χ3v) is 5.33. The molecule has 6 N–H and O–H groups in total. The molecule has 2 aliphatic heterocycles. The van der Waals surface area contributed by atoms with Crippen LogP contribution in [0.3, 0.4) is 0 Å². The van der Waals surface area contributed by atoms with E-state index in [2.05, 4.69) is 5.32 Å². The summed E-state index contributed by atoms with van der Waals surface area (Å²) in [5.41, 5.74) is 5.38. The van der Waals surface area contributed by atoms with Gasteiger partial charge in [0.25, 0.3) is 5.91 Å². The quantitative estimate of drug-likeness (QED) is 0.311. The first-order valence-electron chi connectivity index (χ1n) is 7.56. The summed E-state index contributed by atoms with van der Waals surface area (Å²) in [6, 6.07) is -1.87. The van der Waals surface area contributed by atoms with Crippen molar-refractivity contribution < 1.29 is 34.5 Å². The molecule has 2 amide bonds. The molecule has 1 fully saturated rings. The first kappa shape index (κ1) is 19.2. The number of nitrogens with two attached hydrogens (primary N) is 1. The van der Waals surface area contributed by atoms with E-state index < -0.39 is 47.8 Å². The fourth-order valence-electron chi connectivity index (χ4n) is 2.66. The summed E-state index contributed by atoms with van der Waals surface area (Å²) in [5, 5.41) is 29.1. The van der Waals surface area contributed by atoms with Crippen LogP contribution in [0.4, 0.5) is 0 Å². The van der Waals surface area contributed by atoms with Gasteiger partial charge in [0.1, 0.15) is 23.2 Å². The van der Waals surface area contributed by atoms with Crippen LogP contribution in [0, 0.1) is 0 Å². The normalized spacial score (nSPS) is 23.6. The Labute approximate surface area is 147 Å². The molecule has 2 heterocycles. The lowest BCUT2D eigenvalue weighted by Crippen LogP contribution is -2.70. The standard InChI is InChI=1S/C14H19N3O7S/c15-7(13(21)22)2-1-3-8(19)16-9-11(20)17-10(14(23)24)6(4-18)5-25-12(9)17/h7,9,12,18H,1-5,15H2,(H,16,19)(H,21,22)(H,23,24)/t7-,9-,12-/m1/s1. The predicted molar refractivity (Wildman–Crippen MR) is 86.2 cm³/mol. The number of hydrogen-bond acceptors (Lipinski definition) is 7. The molecule has 138 valence electrons. The number of β-lactam (4-membered cyclic amide) rings is 1. The van der Waals surface area contributed by atoms with Crippen LogP contribution in [0.15, 0.2) is 11.3 Å². The average molecular weight is 373 g/mol. The van der Waals surface area contributed by atoms with Gasteiger partial charge in [-0.25, -0.2) is 4.79 Å². The maximum Gasteiger partial charge on any atom is 0.352 e. The van der Waals surface area contributed by atoms with E-state index in [0.717, 1.165) is 4.90 Å². The molecular weight excluding hydrogens is 354 g/mol. The minimum atomic E-state index is -1.30. The third kappa shape index (κ3) is 3.94. The number of aliphatic carboxylic acids is 2. The SMILES string of the molecule is N[C@H](CCCC(=O)N[C@@H]1C(=O)N2C(C(=O)O)=C(CO)CS[C@H]12)C(=O)O. The number of rotatable bonds is 8. The van der Waals surface area contributed by atoms with Gasteiger partial charge in [0.2, 0.25) is 5.91 Å². The molecule has 0 aliphatic carbocycles. The number of nitrogens with zero attached hydrogens (tertiary/aromatic N) is 1. The van der Waals surface area contributed by atoms with Crippen molar-refractivity contribution in [1.29, 1.82) is 0 Å². The van der Waals surface area contributed by atoms with E-state index in [4.69, 9.17) is 10.8 Å². The Morgan fingerprint density at radius 3 is 2.60 bits per heavy atom. The van der Waals surface area contributed by atoms with Crippen molar-refractivity contribution in [2.45, 2.75) is 36.7 Å². The lowest BCUT2D eigenvalue weighted by molar-refractivity contribution is -0.150. The van der Waals surface area contributed by atoms with Crippen molar-refractivity contribution in [3.8, 4) is 0 Å². The van der Waals surface area contributed by atoms with E-state index in [1.54, 1.807) is 0 Å². The zero-order chi connectivity index (χ0) is 18.7. The molecule has 2 aliphatic rings. The molecule has 0 saturated carbocycles. The maximum atomic E-state index is 12.2. The highest BCUT2D eigenvalue weighted by Gasteiger charge is 2.53. The monoisotopic (exact) mass is 373 g/mol. The smallest absolute Gasteiger partial charge is 0.352 e. The number of amides is 2. The second-order valence-corrected chi connectivity index (χ2v) is 6.81. The summed E-state index contributed by atoms with van der Waals surface area (Å²) in [6.45, 7) is -0.452. The summed E-state index contributed by atoms with van der Waals surface area (Å²) in [5.74, 6) is -3.15. The van der Waals surface area contributed by atoms with Crippen molar-refractivity contribution in [3.05, 3.63) is 11.3 Å². The Morgan fingerprint density at radius 2 is 2.04 bits per heavy atom.